The van der Waals surface area contributed by atoms with Crippen molar-refractivity contribution in [2.24, 2.45) is 0 Å². The standard InChI is InChI=1S/C21H23N3OS/c1-14(2)24-9-7-15(8-10-24)18-13-22-19-6-5-16(12-17(18)19)23-21(25)20-4-3-11-26-20/h3-7,11-14,22H,8-10H2,1-2H3,(H,23,25). The minimum absolute atomic E-state index is 0.0547. The molecule has 4 nitrogen and oxygen atoms in total. The zero-order valence-electron chi connectivity index (χ0n) is 15.1. The third kappa shape index (κ3) is 3.32. The van der Waals surface area contributed by atoms with Gasteiger partial charge in [0.15, 0.2) is 0 Å². The molecule has 134 valence electrons. The average molecular weight is 366 g/mol. The van der Waals surface area contributed by atoms with E-state index in [2.05, 4.69) is 47.4 Å². The van der Waals surface area contributed by atoms with Gasteiger partial charge in [0.05, 0.1) is 4.88 Å². The molecular formula is C21H23N3OS. The summed E-state index contributed by atoms with van der Waals surface area (Å²) in [6.45, 7) is 6.57. The quantitative estimate of drug-likeness (QED) is 0.685. The Morgan fingerprint density at radius 2 is 2.19 bits per heavy atom. The van der Waals surface area contributed by atoms with Crippen LogP contribution in [0.25, 0.3) is 16.5 Å². The molecule has 1 amide bonds. The first kappa shape index (κ1) is 17.1. The number of hydrogen-bond donors (Lipinski definition) is 2. The first-order chi connectivity index (χ1) is 12.6. The summed E-state index contributed by atoms with van der Waals surface area (Å²) in [4.78, 5) is 18.9. The van der Waals surface area contributed by atoms with Crippen molar-refractivity contribution in [3.63, 3.8) is 0 Å². The Bertz CT molecular complexity index is 953. The van der Waals surface area contributed by atoms with E-state index < -0.39 is 0 Å². The third-order valence-corrected chi connectivity index (χ3v) is 5.87. The molecule has 0 saturated heterocycles. The van der Waals surface area contributed by atoms with Crippen molar-refractivity contribution in [1.82, 2.24) is 9.88 Å². The van der Waals surface area contributed by atoms with Gasteiger partial charge in [0.25, 0.3) is 5.91 Å². The highest BCUT2D eigenvalue weighted by Crippen LogP contribution is 2.31. The molecule has 0 spiro atoms. The largest absolute Gasteiger partial charge is 0.361 e. The maximum Gasteiger partial charge on any atom is 0.265 e. The molecule has 1 aliphatic heterocycles. The second kappa shape index (κ2) is 7.09. The number of carbonyl (C=O) groups excluding carboxylic acids is 1. The lowest BCUT2D eigenvalue weighted by Gasteiger charge is -2.29. The molecule has 2 aromatic heterocycles. The molecular weight excluding hydrogens is 342 g/mol. The number of amides is 1. The lowest BCUT2D eigenvalue weighted by atomic mass is 9.98. The molecule has 1 aromatic carbocycles. The lowest BCUT2D eigenvalue weighted by Crippen LogP contribution is -2.34. The predicted molar refractivity (Wildman–Crippen MR) is 110 cm³/mol. The molecule has 3 heterocycles. The van der Waals surface area contributed by atoms with Crippen molar-refractivity contribution in [3.8, 4) is 0 Å². The SMILES string of the molecule is CC(C)N1CC=C(c2c[nH]c3ccc(NC(=O)c4cccs4)cc23)CC1. The molecule has 0 unspecified atom stereocenters. The summed E-state index contributed by atoms with van der Waals surface area (Å²) in [6, 6.07) is 10.4. The number of H-pyrrole nitrogens is 1. The summed E-state index contributed by atoms with van der Waals surface area (Å²) >= 11 is 1.45. The Morgan fingerprint density at radius 3 is 2.88 bits per heavy atom. The van der Waals surface area contributed by atoms with Crippen LogP contribution in [0.15, 0.2) is 48.0 Å². The van der Waals surface area contributed by atoms with E-state index in [1.807, 2.05) is 29.6 Å². The van der Waals surface area contributed by atoms with Gasteiger partial charge in [-0.2, -0.15) is 0 Å². The van der Waals surface area contributed by atoms with E-state index in [4.69, 9.17) is 0 Å². The van der Waals surface area contributed by atoms with Crippen LogP contribution in [0.3, 0.4) is 0 Å². The second-order valence-electron chi connectivity index (χ2n) is 6.96. The van der Waals surface area contributed by atoms with Crippen molar-refractivity contribution < 1.29 is 4.79 Å². The topological polar surface area (TPSA) is 48.1 Å². The van der Waals surface area contributed by atoms with Crippen LogP contribution < -0.4 is 5.32 Å². The molecule has 3 aromatic rings. The number of thiophene rings is 1. The third-order valence-electron chi connectivity index (χ3n) is 5.00. The molecule has 1 aliphatic rings. The predicted octanol–water partition coefficient (Wildman–Crippen LogP) is 4.98. The summed E-state index contributed by atoms with van der Waals surface area (Å²) in [5.74, 6) is -0.0547. The monoisotopic (exact) mass is 365 g/mol. The number of rotatable bonds is 4. The van der Waals surface area contributed by atoms with Crippen LogP contribution in [0.5, 0.6) is 0 Å². The number of aromatic nitrogens is 1. The van der Waals surface area contributed by atoms with Gasteiger partial charge >= 0.3 is 0 Å². The van der Waals surface area contributed by atoms with Crippen LogP contribution in [0, 0.1) is 0 Å². The van der Waals surface area contributed by atoms with Crippen LogP contribution in [-0.2, 0) is 0 Å². The van der Waals surface area contributed by atoms with Gasteiger partial charge in [-0.1, -0.05) is 12.1 Å². The number of carbonyl (C=O) groups is 1. The highest BCUT2D eigenvalue weighted by atomic mass is 32.1. The second-order valence-corrected chi connectivity index (χ2v) is 7.91. The van der Waals surface area contributed by atoms with Gasteiger partial charge < -0.3 is 10.3 Å². The Labute approximate surface area is 157 Å². The van der Waals surface area contributed by atoms with Gasteiger partial charge in [-0.25, -0.2) is 0 Å². The van der Waals surface area contributed by atoms with Gasteiger partial charge in [-0.3, -0.25) is 9.69 Å². The number of nitrogens with zero attached hydrogens (tertiary/aromatic N) is 1. The molecule has 4 rings (SSSR count). The van der Waals surface area contributed by atoms with Crippen molar-refractivity contribution in [1.29, 1.82) is 0 Å². The highest BCUT2D eigenvalue weighted by Gasteiger charge is 2.17. The van der Waals surface area contributed by atoms with Gasteiger partial charge in [0.2, 0.25) is 0 Å². The number of fused-ring (bicyclic) bond motifs is 1. The van der Waals surface area contributed by atoms with E-state index in [-0.39, 0.29) is 5.91 Å². The fraction of sp³-hybridized carbons (Fsp3) is 0.286. The number of nitrogens with one attached hydrogen (secondary N) is 2. The van der Waals surface area contributed by atoms with Crippen molar-refractivity contribution in [3.05, 3.63) is 58.4 Å². The van der Waals surface area contributed by atoms with Crippen molar-refractivity contribution >= 4 is 39.4 Å². The zero-order chi connectivity index (χ0) is 18.1. The Balaban J connectivity index is 1.60. The molecule has 5 heteroatoms. The summed E-state index contributed by atoms with van der Waals surface area (Å²) in [5, 5.41) is 6.09. The average Bonchev–Trinajstić information content (AvgIpc) is 3.31. The van der Waals surface area contributed by atoms with E-state index in [9.17, 15) is 4.79 Å². The minimum atomic E-state index is -0.0547. The Kier molecular flexibility index (Phi) is 4.66. The fourth-order valence-corrected chi connectivity index (χ4v) is 4.08. The lowest BCUT2D eigenvalue weighted by molar-refractivity contribution is 0.103. The first-order valence-electron chi connectivity index (χ1n) is 9.01. The Morgan fingerprint density at radius 1 is 1.31 bits per heavy atom. The van der Waals surface area contributed by atoms with E-state index in [0.29, 0.717) is 6.04 Å². The van der Waals surface area contributed by atoms with Crippen LogP contribution in [-0.4, -0.2) is 34.9 Å². The van der Waals surface area contributed by atoms with Gasteiger partial charge in [0, 0.05) is 47.5 Å². The molecule has 0 atom stereocenters. The Hall–Kier alpha value is -2.37. The molecule has 0 radical (unpaired) electrons. The molecule has 2 N–H and O–H groups in total. The molecule has 0 aliphatic carbocycles. The number of aromatic amines is 1. The fourth-order valence-electron chi connectivity index (χ4n) is 3.46. The van der Waals surface area contributed by atoms with Crippen molar-refractivity contribution in [2.45, 2.75) is 26.3 Å². The van der Waals surface area contributed by atoms with E-state index in [1.54, 1.807) is 0 Å². The summed E-state index contributed by atoms with van der Waals surface area (Å²) in [6.07, 6.45) is 5.48. The summed E-state index contributed by atoms with van der Waals surface area (Å²) in [7, 11) is 0. The molecule has 0 bridgehead atoms. The number of anilines is 1. The minimum Gasteiger partial charge on any atom is -0.361 e. The van der Waals surface area contributed by atoms with Gasteiger partial charge in [0.1, 0.15) is 0 Å². The van der Waals surface area contributed by atoms with Crippen LogP contribution in [0.2, 0.25) is 0 Å². The summed E-state index contributed by atoms with van der Waals surface area (Å²) < 4.78 is 0. The smallest absolute Gasteiger partial charge is 0.265 e. The van der Waals surface area contributed by atoms with Gasteiger partial charge in [-0.05, 0) is 55.5 Å². The first-order valence-corrected chi connectivity index (χ1v) is 9.89. The highest BCUT2D eigenvalue weighted by molar-refractivity contribution is 7.12. The van der Waals surface area contributed by atoms with E-state index in [1.165, 1.54) is 27.9 Å². The van der Waals surface area contributed by atoms with Gasteiger partial charge in [-0.15, -0.1) is 11.3 Å². The maximum atomic E-state index is 12.3. The molecule has 0 saturated carbocycles. The van der Waals surface area contributed by atoms with Crippen LogP contribution in [0.4, 0.5) is 5.69 Å². The zero-order valence-corrected chi connectivity index (χ0v) is 15.9. The van der Waals surface area contributed by atoms with Crippen LogP contribution in [0.1, 0.15) is 35.5 Å². The maximum absolute atomic E-state index is 12.3. The summed E-state index contributed by atoms with van der Waals surface area (Å²) in [5.41, 5.74) is 4.56. The van der Waals surface area contributed by atoms with E-state index in [0.717, 1.165) is 35.6 Å². The van der Waals surface area contributed by atoms with E-state index >= 15 is 0 Å². The van der Waals surface area contributed by atoms with Crippen molar-refractivity contribution in [2.75, 3.05) is 18.4 Å². The molecule has 26 heavy (non-hydrogen) atoms. The molecule has 0 fully saturated rings. The number of benzene rings is 1. The van der Waals surface area contributed by atoms with Crippen LogP contribution >= 0.6 is 11.3 Å². The normalized spacial score (nSPS) is 15.4. The number of hydrogen-bond acceptors (Lipinski definition) is 3.